The van der Waals surface area contributed by atoms with Gasteiger partial charge in [0.05, 0.1) is 5.02 Å². The number of nitrogens with zero attached hydrogens (tertiary/aromatic N) is 2. The first-order valence-corrected chi connectivity index (χ1v) is 7.64. The second-order valence-electron chi connectivity index (χ2n) is 5.03. The van der Waals surface area contributed by atoms with Crippen LogP contribution in [-0.2, 0) is 6.42 Å². The van der Waals surface area contributed by atoms with Crippen molar-refractivity contribution < 1.29 is 13.7 Å². The Hall–Kier alpha value is -2.73. The molecule has 24 heavy (non-hydrogen) atoms. The van der Waals surface area contributed by atoms with E-state index in [0.717, 1.165) is 6.07 Å². The van der Waals surface area contributed by atoms with Crippen LogP contribution in [0.3, 0.4) is 0 Å². The van der Waals surface area contributed by atoms with E-state index in [0.29, 0.717) is 29.4 Å². The highest BCUT2D eigenvalue weighted by Gasteiger charge is 2.11. The average molecular weight is 346 g/mol. The van der Waals surface area contributed by atoms with Gasteiger partial charge in [0.1, 0.15) is 5.82 Å². The third-order valence-corrected chi connectivity index (χ3v) is 3.62. The van der Waals surface area contributed by atoms with E-state index in [9.17, 15) is 9.18 Å². The van der Waals surface area contributed by atoms with E-state index in [2.05, 4.69) is 15.5 Å². The van der Waals surface area contributed by atoms with Crippen LogP contribution >= 0.6 is 11.6 Å². The van der Waals surface area contributed by atoms with E-state index in [1.807, 2.05) is 13.0 Å². The molecule has 0 saturated carbocycles. The fourth-order valence-electron chi connectivity index (χ4n) is 2.09. The summed E-state index contributed by atoms with van der Waals surface area (Å²) in [4.78, 5) is 16.5. The van der Waals surface area contributed by atoms with E-state index >= 15 is 0 Å². The molecule has 0 spiro atoms. The zero-order chi connectivity index (χ0) is 17.1. The standard InChI is InChI=1S/C17H13ClFN3O2/c1-2-15-21-16(22-24-15)10-4-3-5-12(8-10)20-17(23)11-6-7-14(19)13(18)9-11/h3-9H,2H2,1H3,(H,20,23). The molecular formula is C17H13ClFN3O2. The number of halogens is 2. The second-order valence-corrected chi connectivity index (χ2v) is 5.44. The van der Waals surface area contributed by atoms with Crippen LogP contribution in [0.4, 0.5) is 10.1 Å². The number of carbonyl (C=O) groups excluding carboxylic acids is 1. The Bertz CT molecular complexity index is 895. The third kappa shape index (κ3) is 3.44. The lowest BCUT2D eigenvalue weighted by Crippen LogP contribution is -2.12. The molecule has 1 amide bonds. The maximum atomic E-state index is 13.2. The maximum Gasteiger partial charge on any atom is 0.255 e. The van der Waals surface area contributed by atoms with Gasteiger partial charge >= 0.3 is 0 Å². The number of benzene rings is 2. The number of amides is 1. The smallest absolute Gasteiger partial charge is 0.255 e. The molecule has 0 aliphatic rings. The van der Waals surface area contributed by atoms with Crippen molar-refractivity contribution in [2.24, 2.45) is 0 Å². The van der Waals surface area contributed by atoms with Crippen LogP contribution in [-0.4, -0.2) is 16.0 Å². The van der Waals surface area contributed by atoms with Crippen molar-refractivity contribution in [3.63, 3.8) is 0 Å². The Balaban J connectivity index is 1.81. The summed E-state index contributed by atoms with van der Waals surface area (Å²) in [6, 6.07) is 10.8. The predicted molar refractivity (Wildman–Crippen MR) is 88.5 cm³/mol. The molecule has 2 aromatic carbocycles. The normalized spacial score (nSPS) is 10.6. The van der Waals surface area contributed by atoms with Gasteiger partial charge in [0.25, 0.3) is 5.91 Å². The number of aryl methyl sites for hydroxylation is 1. The SMILES string of the molecule is CCc1nc(-c2cccc(NC(=O)c3ccc(F)c(Cl)c3)c2)no1. The Morgan fingerprint density at radius 3 is 2.83 bits per heavy atom. The largest absolute Gasteiger partial charge is 0.339 e. The Kier molecular flexibility index (Phi) is 4.57. The van der Waals surface area contributed by atoms with E-state index in [1.165, 1.54) is 12.1 Å². The van der Waals surface area contributed by atoms with Crippen molar-refractivity contribution in [2.75, 3.05) is 5.32 Å². The molecule has 7 heteroatoms. The second kappa shape index (κ2) is 6.80. The van der Waals surface area contributed by atoms with Crippen molar-refractivity contribution in [1.82, 2.24) is 10.1 Å². The number of hydrogen-bond donors (Lipinski definition) is 1. The molecule has 1 aromatic heterocycles. The monoisotopic (exact) mass is 345 g/mol. The lowest BCUT2D eigenvalue weighted by atomic mass is 10.1. The molecule has 3 rings (SSSR count). The zero-order valence-corrected chi connectivity index (χ0v) is 13.5. The van der Waals surface area contributed by atoms with Crippen molar-refractivity contribution in [2.45, 2.75) is 13.3 Å². The van der Waals surface area contributed by atoms with E-state index < -0.39 is 11.7 Å². The lowest BCUT2D eigenvalue weighted by Gasteiger charge is -2.07. The summed E-state index contributed by atoms with van der Waals surface area (Å²) in [5, 5.41) is 6.53. The number of anilines is 1. The van der Waals surface area contributed by atoms with Crippen molar-refractivity contribution in [3.8, 4) is 11.4 Å². The van der Waals surface area contributed by atoms with Gasteiger partial charge in [0.15, 0.2) is 0 Å². The third-order valence-electron chi connectivity index (χ3n) is 3.33. The number of nitrogens with one attached hydrogen (secondary N) is 1. The molecule has 122 valence electrons. The van der Waals surface area contributed by atoms with Gasteiger partial charge in [-0.2, -0.15) is 4.98 Å². The molecule has 0 bridgehead atoms. The van der Waals surface area contributed by atoms with E-state index in [-0.39, 0.29) is 10.6 Å². The van der Waals surface area contributed by atoms with Crippen LogP contribution in [0.5, 0.6) is 0 Å². The fourth-order valence-corrected chi connectivity index (χ4v) is 2.27. The van der Waals surface area contributed by atoms with Crippen LogP contribution in [0.1, 0.15) is 23.2 Å². The molecule has 3 aromatic rings. The van der Waals surface area contributed by atoms with Crippen molar-refractivity contribution in [3.05, 3.63) is 64.8 Å². The van der Waals surface area contributed by atoms with Crippen LogP contribution in [0.25, 0.3) is 11.4 Å². The quantitative estimate of drug-likeness (QED) is 0.763. The Morgan fingerprint density at radius 1 is 1.29 bits per heavy atom. The number of rotatable bonds is 4. The van der Waals surface area contributed by atoms with Gasteiger partial charge in [-0.3, -0.25) is 4.79 Å². The summed E-state index contributed by atoms with van der Waals surface area (Å²) >= 11 is 5.70. The topological polar surface area (TPSA) is 68.0 Å². The highest BCUT2D eigenvalue weighted by Crippen LogP contribution is 2.21. The molecule has 0 unspecified atom stereocenters. The van der Waals surface area contributed by atoms with Crippen LogP contribution in [0, 0.1) is 5.82 Å². The van der Waals surface area contributed by atoms with E-state index in [4.69, 9.17) is 16.1 Å². The molecule has 1 N–H and O–H groups in total. The highest BCUT2D eigenvalue weighted by molar-refractivity contribution is 6.31. The van der Waals surface area contributed by atoms with Gasteiger partial charge in [-0.1, -0.05) is 35.8 Å². The van der Waals surface area contributed by atoms with Crippen LogP contribution < -0.4 is 5.32 Å². The van der Waals surface area contributed by atoms with Crippen LogP contribution in [0.15, 0.2) is 47.0 Å². The molecule has 0 radical (unpaired) electrons. The minimum Gasteiger partial charge on any atom is -0.339 e. The van der Waals surface area contributed by atoms with Gasteiger partial charge < -0.3 is 9.84 Å². The molecule has 0 fully saturated rings. The molecule has 0 atom stereocenters. The molecule has 0 aliphatic heterocycles. The fraction of sp³-hybridized carbons (Fsp3) is 0.118. The Morgan fingerprint density at radius 2 is 2.12 bits per heavy atom. The molecule has 5 nitrogen and oxygen atoms in total. The summed E-state index contributed by atoms with van der Waals surface area (Å²) in [6.45, 7) is 1.92. The molecule has 1 heterocycles. The minimum absolute atomic E-state index is 0.102. The lowest BCUT2D eigenvalue weighted by molar-refractivity contribution is 0.102. The van der Waals surface area contributed by atoms with Gasteiger partial charge in [-0.15, -0.1) is 0 Å². The first-order valence-electron chi connectivity index (χ1n) is 7.26. The van der Waals surface area contributed by atoms with Crippen molar-refractivity contribution >= 4 is 23.2 Å². The van der Waals surface area contributed by atoms with Gasteiger partial charge in [-0.25, -0.2) is 4.39 Å². The van der Waals surface area contributed by atoms with Gasteiger partial charge in [0, 0.05) is 23.2 Å². The summed E-state index contributed by atoms with van der Waals surface area (Å²) in [6.07, 6.45) is 0.648. The molecule has 0 saturated heterocycles. The predicted octanol–water partition coefficient (Wildman–Crippen LogP) is 4.34. The van der Waals surface area contributed by atoms with Gasteiger partial charge in [0.2, 0.25) is 11.7 Å². The summed E-state index contributed by atoms with van der Waals surface area (Å²) in [5.74, 6) is 0.0311. The highest BCUT2D eigenvalue weighted by atomic mass is 35.5. The van der Waals surface area contributed by atoms with Crippen LogP contribution in [0.2, 0.25) is 5.02 Å². The number of hydrogen-bond acceptors (Lipinski definition) is 4. The molecular weight excluding hydrogens is 333 g/mol. The first kappa shape index (κ1) is 16.1. The number of carbonyl (C=O) groups is 1. The summed E-state index contributed by atoms with van der Waals surface area (Å²) in [7, 11) is 0. The maximum absolute atomic E-state index is 13.2. The Labute approximate surface area is 142 Å². The molecule has 0 aliphatic carbocycles. The number of aromatic nitrogens is 2. The van der Waals surface area contributed by atoms with Crippen molar-refractivity contribution in [1.29, 1.82) is 0 Å². The first-order chi connectivity index (χ1) is 11.6. The summed E-state index contributed by atoms with van der Waals surface area (Å²) < 4.78 is 18.3. The summed E-state index contributed by atoms with van der Waals surface area (Å²) in [5.41, 5.74) is 1.54. The average Bonchev–Trinajstić information content (AvgIpc) is 3.07. The minimum atomic E-state index is -0.570. The van der Waals surface area contributed by atoms with E-state index in [1.54, 1.807) is 18.2 Å². The zero-order valence-electron chi connectivity index (χ0n) is 12.7. The van der Waals surface area contributed by atoms with Gasteiger partial charge in [-0.05, 0) is 30.3 Å².